The topological polar surface area (TPSA) is 39.3 Å². The maximum atomic E-state index is 13.9. The van der Waals surface area contributed by atoms with Crippen LogP contribution in [-0.2, 0) is 10.2 Å². The Morgan fingerprint density at radius 2 is 1.82 bits per heavy atom. The summed E-state index contributed by atoms with van der Waals surface area (Å²) >= 11 is 0. The Morgan fingerprint density at radius 1 is 1.06 bits per heavy atom. The first-order chi connectivity index (χ1) is 15.3. The van der Waals surface area contributed by atoms with Crippen molar-refractivity contribution in [3.05, 3.63) is 71.2 Å². The molecule has 1 amide bonds. The van der Waals surface area contributed by atoms with E-state index in [2.05, 4.69) is 16.0 Å². The second kappa shape index (κ2) is 8.54. The SMILES string of the molecule is CC1(C)C(=O)N(CCN2CC=C(c3c[nH]c4cc(F)ccc34)CC2)c2cc(F)c(F)cc21.Cl. The summed E-state index contributed by atoms with van der Waals surface area (Å²) in [5.74, 6) is -2.28. The summed E-state index contributed by atoms with van der Waals surface area (Å²) in [4.78, 5) is 19.9. The van der Waals surface area contributed by atoms with Crippen LogP contribution in [0.2, 0.25) is 0 Å². The number of hydrogen-bond acceptors (Lipinski definition) is 2. The number of anilines is 1. The van der Waals surface area contributed by atoms with E-state index in [1.807, 2.05) is 6.20 Å². The summed E-state index contributed by atoms with van der Waals surface area (Å²) in [6, 6.07) is 7.03. The minimum atomic E-state index is -0.941. The summed E-state index contributed by atoms with van der Waals surface area (Å²) in [5.41, 5.74) is 3.17. The number of aromatic nitrogens is 1. The van der Waals surface area contributed by atoms with Crippen molar-refractivity contribution in [1.29, 1.82) is 0 Å². The second-order valence-corrected chi connectivity index (χ2v) is 9.04. The molecule has 4 nitrogen and oxygen atoms in total. The zero-order chi connectivity index (χ0) is 22.6. The molecule has 3 aromatic rings. The number of nitrogens with one attached hydrogen (secondary N) is 1. The Hall–Kier alpha value is -2.77. The second-order valence-electron chi connectivity index (χ2n) is 9.04. The predicted octanol–water partition coefficient (Wildman–Crippen LogP) is 5.42. The average molecular weight is 476 g/mol. The molecule has 0 fully saturated rings. The van der Waals surface area contributed by atoms with Gasteiger partial charge < -0.3 is 9.88 Å². The molecule has 2 aromatic carbocycles. The van der Waals surface area contributed by atoms with Crippen LogP contribution < -0.4 is 4.90 Å². The van der Waals surface area contributed by atoms with Crippen molar-refractivity contribution < 1.29 is 18.0 Å². The lowest BCUT2D eigenvalue weighted by molar-refractivity contribution is -0.122. The molecule has 0 radical (unpaired) electrons. The quantitative estimate of drug-likeness (QED) is 0.547. The minimum Gasteiger partial charge on any atom is -0.360 e. The molecule has 0 aliphatic carbocycles. The number of rotatable bonds is 4. The number of halogens is 4. The first-order valence-corrected chi connectivity index (χ1v) is 10.8. The fraction of sp³-hybridized carbons (Fsp3) is 0.320. The van der Waals surface area contributed by atoms with E-state index in [0.717, 1.165) is 48.1 Å². The van der Waals surface area contributed by atoms with Crippen LogP contribution in [0, 0.1) is 17.5 Å². The summed E-state index contributed by atoms with van der Waals surface area (Å²) in [7, 11) is 0. The van der Waals surface area contributed by atoms with Crippen molar-refractivity contribution in [2.45, 2.75) is 25.7 Å². The van der Waals surface area contributed by atoms with Gasteiger partial charge in [0.15, 0.2) is 11.6 Å². The highest BCUT2D eigenvalue weighted by Crippen LogP contribution is 2.42. The number of aromatic amines is 1. The third kappa shape index (κ3) is 3.93. The Balaban J connectivity index is 0.00000259. The van der Waals surface area contributed by atoms with Gasteiger partial charge in [-0.1, -0.05) is 6.08 Å². The Morgan fingerprint density at radius 3 is 2.55 bits per heavy atom. The van der Waals surface area contributed by atoms with Crippen molar-refractivity contribution in [3.63, 3.8) is 0 Å². The summed E-state index contributed by atoms with van der Waals surface area (Å²) in [6.07, 6.45) is 4.91. The van der Waals surface area contributed by atoms with Gasteiger partial charge in [0.05, 0.1) is 11.1 Å². The molecule has 1 N–H and O–H groups in total. The highest BCUT2D eigenvalue weighted by molar-refractivity contribution is 6.07. The molecule has 0 atom stereocenters. The lowest BCUT2D eigenvalue weighted by atomic mass is 9.86. The number of carbonyl (C=O) groups is 1. The van der Waals surface area contributed by atoms with Gasteiger partial charge in [-0.15, -0.1) is 12.4 Å². The highest BCUT2D eigenvalue weighted by Gasteiger charge is 2.44. The molecule has 174 valence electrons. The van der Waals surface area contributed by atoms with Gasteiger partial charge in [-0.05, 0) is 55.7 Å². The zero-order valence-electron chi connectivity index (χ0n) is 18.4. The van der Waals surface area contributed by atoms with Gasteiger partial charge in [-0.2, -0.15) is 0 Å². The molecule has 33 heavy (non-hydrogen) atoms. The molecular formula is C25H25ClF3N3O. The fourth-order valence-corrected chi connectivity index (χ4v) is 4.81. The first-order valence-electron chi connectivity index (χ1n) is 10.8. The number of hydrogen-bond donors (Lipinski definition) is 1. The molecule has 0 bridgehead atoms. The number of fused-ring (bicyclic) bond motifs is 2. The molecule has 0 unspecified atom stereocenters. The summed E-state index contributed by atoms with van der Waals surface area (Å²) < 4.78 is 41.1. The van der Waals surface area contributed by atoms with Crippen LogP contribution in [0.25, 0.3) is 16.5 Å². The number of H-pyrrole nitrogens is 1. The van der Waals surface area contributed by atoms with E-state index < -0.39 is 17.0 Å². The predicted molar refractivity (Wildman–Crippen MR) is 126 cm³/mol. The van der Waals surface area contributed by atoms with E-state index >= 15 is 0 Å². The largest absolute Gasteiger partial charge is 0.360 e. The lowest BCUT2D eigenvalue weighted by Gasteiger charge is -2.29. The van der Waals surface area contributed by atoms with E-state index in [4.69, 9.17) is 0 Å². The van der Waals surface area contributed by atoms with E-state index in [-0.39, 0.29) is 24.1 Å². The van der Waals surface area contributed by atoms with Crippen molar-refractivity contribution >= 4 is 40.5 Å². The van der Waals surface area contributed by atoms with Crippen LogP contribution in [0.15, 0.2) is 42.6 Å². The van der Waals surface area contributed by atoms with Gasteiger partial charge in [0.1, 0.15) is 5.82 Å². The van der Waals surface area contributed by atoms with E-state index in [1.165, 1.54) is 17.7 Å². The monoisotopic (exact) mass is 475 g/mol. The third-order valence-corrected chi connectivity index (χ3v) is 6.71. The third-order valence-electron chi connectivity index (χ3n) is 6.71. The van der Waals surface area contributed by atoms with E-state index in [1.54, 1.807) is 24.8 Å². The highest BCUT2D eigenvalue weighted by atomic mass is 35.5. The molecule has 2 aliphatic heterocycles. The molecular weight excluding hydrogens is 451 g/mol. The fourth-order valence-electron chi connectivity index (χ4n) is 4.81. The van der Waals surface area contributed by atoms with Crippen LogP contribution in [0.4, 0.5) is 18.9 Å². The Kier molecular flexibility index (Phi) is 6.05. The van der Waals surface area contributed by atoms with Crippen molar-refractivity contribution in [1.82, 2.24) is 9.88 Å². The Bertz CT molecular complexity index is 1270. The van der Waals surface area contributed by atoms with E-state index in [9.17, 15) is 18.0 Å². The van der Waals surface area contributed by atoms with Crippen LogP contribution in [0.1, 0.15) is 31.4 Å². The van der Waals surface area contributed by atoms with Crippen molar-refractivity contribution in [2.75, 3.05) is 31.1 Å². The molecule has 5 rings (SSSR count). The molecule has 1 aromatic heterocycles. The van der Waals surface area contributed by atoms with Crippen LogP contribution >= 0.6 is 12.4 Å². The maximum absolute atomic E-state index is 13.9. The maximum Gasteiger partial charge on any atom is 0.237 e. The van der Waals surface area contributed by atoms with Gasteiger partial charge in [-0.25, -0.2) is 13.2 Å². The van der Waals surface area contributed by atoms with Crippen LogP contribution in [0.3, 0.4) is 0 Å². The molecule has 0 saturated carbocycles. The molecule has 2 aliphatic rings. The lowest BCUT2D eigenvalue weighted by Crippen LogP contribution is -2.42. The summed E-state index contributed by atoms with van der Waals surface area (Å²) in [6.45, 7) is 6.07. The number of carbonyl (C=O) groups excluding carboxylic acids is 1. The van der Waals surface area contributed by atoms with Crippen molar-refractivity contribution in [3.8, 4) is 0 Å². The molecule has 0 spiro atoms. The van der Waals surface area contributed by atoms with Crippen molar-refractivity contribution in [2.24, 2.45) is 0 Å². The molecule has 0 saturated heterocycles. The molecule has 8 heteroatoms. The minimum absolute atomic E-state index is 0. The van der Waals surface area contributed by atoms with E-state index in [0.29, 0.717) is 24.3 Å². The van der Waals surface area contributed by atoms with Crippen LogP contribution in [0.5, 0.6) is 0 Å². The van der Waals surface area contributed by atoms with Gasteiger partial charge in [0.25, 0.3) is 0 Å². The number of benzene rings is 2. The first kappa shape index (κ1) is 23.4. The number of nitrogens with zero attached hydrogens (tertiary/aromatic N) is 2. The molecule has 3 heterocycles. The smallest absolute Gasteiger partial charge is 0.237 e. The normalized spacial score (nSPS) is 17.8. The average Bonchev–Trinajstić information content (AvgIpc) is 3.25. The Labute approximate surface area is 196 Å². The zero-order valence-corrected chi connectivity index (χ0v) is 19.2. The van der Waals surface area contributed by atoms with Crippen LogP contribution in [-0.4, -0.2) is 42.0 Å². The van der Waals surface area contributed by atoms with Gasteiger partial charge in [0.2, 0.25) is 5.91 Å². The summed E-state index contributed by atoms with van der Waals surface area (Å²) in [5, 5.41) is 1.00. The van der Waals surface area contributed by atoms with Gasteiger partial charge in [-0.3, -0.25) is 9.69 Å². The number of amides is 1. The van der Waals surface area contributed by atoms with Gasteiger partial charge >= 0.3 is 0 Å². The standard InChI is InChI=1S/C25H24F3N3O.ClH/c1-25(2)19-12-20(27)21(28)13-23(19)31(24(25)32)10-9-30-7-5-15(6-8-30)18-14-29-22-11-16(26)3-4-17(18)22;/h3-5,11-14,29H,6-10H2,1-2H3;1H. The van der Waals surface area contributed by atoms with Gasteiger partial charge in [0, 0.05) is 54.9 Å².